The minimum atomic E-state index is -3.93. The average molecular weight is 374 g/mol. The molecule has 0 aromatic heterocycles. The van der Waals surface area contributed by atoms with Gasteiger partial charge < -0.3 is 5.73 Å². The van der Waals surface area contributed by atoms with E-state index in [4.69, 9.17) is 17.3 Å². The van der Waals surface area contributed by atoms with Gasteiger partial charge in [0.15, 0.2) is 5.82 Å². The summed E-state index contributed by atoms with van der Waals surface area (Å²) in [6.45, 7) is 2.25. The predicted molar refractivity (Wildman–Crippen MR) is 78.2 cm³/mol. The van der Waals surface area contributed by atoms with E-state index >= 15 is 0 Å². The third kappa shape index (κ3) is 3.39. The van der Waals surface area contributed by atoms with Crippen molar-refractivity contribution < 1.29 is 12.8 Å². The number of rotatable bonds is 5. The van der Waals surface area contributed by atoms with Gasteiger partial charge in [0.2, 0.25) is 10.0 Å². The Bertz CT molecular complexity index is 581. The van der Waals surface area contributed by atoms with Crippen LogP contribution in [0.15, 0.2) is 15.4 Å². The molecule has 108 valence electrons. The van der Waals surface area contributed by atoms with Crippen LogP contribution in [0.1, 0.15) is 19.8 Å². The first-order chi connectivity index (χ1) is 8.73. The van der Waals surface area contributed by atoms with Crippen LogP contribution in [-0.2, 0) is 10.0 Å². The van der Waals surface area contributed by atoms with Crippen molar-refractivity contribution >= 4 is 43.2 Å². The highest BCUT2D eigenvalue weighted by atomic mass is 79.9. The Morgan fingerprint density at radius 2 is 2.11 bits per heavy atom. The molecule has 1 rings (SSSR count). The SMILES string of the molecule is CCCCN(C)S(=O)(=O)c1cc(Cl)c(Br)c(N)c1F. The second-order valence-electron chi connectivity index (χ2n) is 4.08. The number of anilines is 1. The van der Waals surface area contributed by atoms with Gasteiger partial charge in [-0.3, -0.25) is 0 Å². The molecule has 0 aliphatic carbocycles. The minimum absolute atomic E-state index is 0.0568. The first kappa shape index (κ1) is 16.7. The maximum Gasteiger partial charge on any atom is 0.245 e. The molecule has 0 aliphatic rings. The van der Waals surface area contributed by atoms with Crippen molar-refractivity contribution in [1.29, 1.82) is 0 Å². The van der Waals surface area contributed by atoms with E-state index in [-0.39, 0.29) is 15.2 Å². The maximum atomic E-state index is 14.0. The number of hydrogen-bond donors (Lipinski definition) is 1. The lowest BCUT2D eigenvalue weighted by Crippen LogP contribution is -2.29. The first-order valence-electron chi connectivity index (χ1n) is 5.62. The Kier molecular flexibility index (Phi) is 5.61. The zero-order chi connectivity index (χ0) is 14.8. The van der Waals surface area contributed by atoms with E-state index < -0.39 is 20.7 Å². The Labute approximate surface area is 125 Å². The molecule has 0 spiro atoms. The summed E-state index contributed by atoms with van der Waals surface area (Å²) in [5.41, 5.74) is 5.18. The summed E-state index contributed by atoms with van der Waals surface area (Å²) < 4.78 is 39.7. The first-order valence-corrected chi connectivity index (χ1v) is 8.23. The van der Waals surface area contributed by atoms with Crippen LogP contribution in [0, 0.1) is 5.82 Å². The third-order valence-corrected chi connectivity index (χ3v) is 5.91. The molecule has 0 unspecified atom stereocenters. The maximum absolute atomic E-state index is 14.0. The van der Waals surface area contributed by atoms with E-state index in [2.05, 4.69) is 15.9 Å². The molecule has 0 saturated carbocycles. The van der Waals surface area contributed by atoms with Crippen LogP contribution in [0.25, 0.3) is 0 Å². The molecule has 0 radical (unpaired) electrons. The number of nitrogens with zero attached hydrogens (tertiary/aromatic N) is 1. The Morgan fingerprint density at radius 1 is 1.53 bits per heavy atom. The number of nitrogens with two attached hydrogens (primary N) is 1. The molecule has 1 aromatic rings. The van der Waals surface area contributed by atoms with Crippen molar-refractivity contribution in [3.05, 3.63) is 21.4 Å². The highest BCUT2D eigenvalue weighted by Gasteiger charge is 2.27. The summed E-state index contributed by atoms with van der Waals surface area (Å²) in [6.07, 6.45) is 1.53. The lowest BCUT2D eigenvalue weighted by molar-refractivity contribution is 0.453. The fourth-order valence-electron chi connectivity index (χ4n) is 1.46. The molecule has 0 amide bonds. The van der Waals surface area contributed by atoms with Crippen LogP contribution in [0.4, 0.5) is 10.1 Å². The molecule has 0 saturated heterocycles. The van der Waals surface area contributed by atoms with Crippen LogP contribution in [0.3, 0.4) is 0 Å². The van der Waals surface area contributed by atoms with Gasteiger partial charge in [-0.15, -0.1) is 0 Å². The molecule has 0 atom stereocenters. The summed E-state index contributed by atoms with van der Waals surface area (Å²) in [4.78, 5) is -0.503. The lowest BCUT2D eigenvalue weighted by Gasteiger charge is -2.18. The fourth-order valence-corrected chi connectivity index (χ4v) is 3.33. The molecule has 0 aliphatic heterocycles. The smallest absolute Gasteiger partial charge is 0.245 e. The molecule has 19 heavy (non-hydrogen) atoms. The second-order valence-corrected chi connectivity index (χ2v) is 7.29. The van der Waals surface area contributed by atoms with Crippen molar-refractivity contribution in [3.63, 3.8) is 0 Å². The standard InChI is InChI=1S/C11H15BrClFN2O2S/c1-3-4-5-16(2)19(17,18)8-6-7(13)9(12)11(15)10(8)14/h6H,3-5,15H2,1-2H3. The topological polar surface area (TPSA) is 63.4 Å². The Balaban J connectivity index is 3.30. The van der Waals surface area contributed by atoms with Crippen molar-refractivity contribution in [2.24, 2.45) is 0 Å². The Morgan fingerprint density at radius 3 is 2.63 bits per heavy atom. The summed E-state index contributed by atoms with van der Waals surface area (Å²) in [5, 5.41) is 0.0568. The lowest BCUT2D eigenvalue weighted by atomic mass is 10.3. The summed E-state index contributed by atoms with van der Waals surface area (Å²) in [5.74, 6) is -0.986. The van der Waals surface area contributed by atoms with Gasteiger partial charge in [-0.1, -0.05) is 24.9 Å². The van der Waals surface area contributed by atoms with Gasteiger partial charge >= 0.3 is 0 Å². The quantitative estimate of drug-likeness (QED) is 0.636. The highest BCUT2D eigenvalue weighted by Crippen LogP contribution is 2.35. The third-order valence-electron chi connectivity index (χ3n) is 2.67. The van der Waals surface area contributed by atoms with Gasteiger partial charge in [0.25, 0.3) is 0 Å². The van der Waals surface area contributed by atoms with Crippen LogP contribution >= 0.6 is 27.5 Å². The summed E-state index contributed by atoms with van der Waals surface area (Å²) in [7, 11) is -2.53. The van der Waals surface area contributed by atoms with Gasteiger partial charge in [0.1, 0.15) is 4.90 Å². The fraction of sp³-hybridized carbons (Fsp3) is 0.455. The average Bonchev–Trinajstić information content (AvgIpc) is 2.37. The second kappa shape index (κ2) is 6.39. The number of unbranched alkanes of at least 4 members (excludes halogenated alkanes) is 1. The van der Waals surface area contributed by atoms with Crippen molar-refractivity contribution in [3.8, 4) is 0 Å². The highest BCUT2D eigenvalue weighted by molar-refractivity contribution is 9.10. The molecule has 0 fully saturated rings. The number of benzene rings is 1. The van der Waals surface area contributed by atoms with Crippen molar-refractivity contribution in [1.82, 2.24) is 4.31 Å². The van der Waals surface area contributed by atoms with Crippen LogP contribution in [-0.4, -0.2) is 26.3 Å². The van der Waals surface area contributed by atoms with Crippen LogP contribution in [0.5, 0.6) is 0 Å². The zero-order valence-corrected chi connectivity index (χ0v) is 13.7. The number of halogens is 3. The molecule has 1 aromatic carbocycles. The monoisotopic (exact) mass is 372 g/mol. The van der Waals surface area contributed by atoms with E-state index in [0.717, 1.165) is 16.8 Å². The van der Waals surface area contributed by atoms with E-state index in [9.17, 15) is 12.8 Å². The van der Waals surface area contributed by atoms with E-state index in [0.29, 0.717) is 13.0 Å². The molecule has 2 N–H and O–H groups in total. The summed E-state index contributed by atoms with van der Waals surface area (Å²) in [6, 6.07) is 1.06. The summed E-state index contributed by atoms with van der Waals surface area (Å²) >= 11 is 8.83. The van der Waals surface area contributed by atoms with Gasteiger partial charge in [0, 0.05) is 13.6 Å². The molecular formula is C11H15BrClFN2O2S. The number of nitrogen functional groups attached to an aromatic ring is 1. The molecule has 4 nitrogen and oxygen atoms in total. The molecule has 0 bridgehead atoms. The van der Waals surface area contributed by atoms with E-state index in [1.54, 1.807) is 0 Å². The number of sulfonamides is 1. The van der Waals surface area contributed by atoms with E-state index in [1.807, 2.05) is 6.92 Å². The molecular weight excluding hydrogens is 359 g/mol. The number of hydrogen-bond acceptors (Lipinski definition) is 3. The molecule has 0 heterocycles. The normalized spacial score (nSPS) is 12.1. The molecule has 8 heteroatoms. The Hall–Kier alpha value is -0.370. The van der Waals surface area contributed by atoms with Crippen molar-refractivity contribution in [2.75, 3.05) is 19.3 Å². The van der Waals surface area contributed by atoms with Gasteiger partial charge in [0.05, 0.1) is 15.2 Å². The van der Waals surface area contributed by atoms with Crippen LogP contribution < -0.4 is 5.73 Å². The van der Waals surface area contributed by atoms with Crippen molar-refractivity contribution in [2.45, 2.75) is 24.7 Å². The van der Waals surface area contributed by atoms with Gasteiger partial charge in [-0.05, 0) is 28.4 Å². The predicted octanol–water partition coefficient (Wildman–Crippen LogP) is 3.24. The van der Waals surface area contributed by atoms with Gasteiger partial charge in [-0.2, -0.15) is 0 Å². The zero-order valence-electron chi connectivity index (χ0n) is 10.6. The van der Waals surface area contributed by atoms with Gasteiger partial charge in [-0.25, -0.2) is 17.1 Å². The van der Waals surface area contributed by atoms with E-state index in [1.165, 1.54) is 7.05 Å². The minimum Gasteiger partial charge on any atom is -0.395 e. The largest absolute Gasteiger partial charge is 0.395 e. The van der Waals surface area contributed by atoms with Crippen LogP contribution in [0.2, 0.25) is 5.02 Å².